The summed E-state index contributed by atoms with van der Waals surface area (Å²) in [6.07, 6.45) is 4.59. The van der Waals surface area contributed by atoms with Gasteiger partial charge in [-0.05, 0) is 54.3 Å². The molecule has 4 heterocycles. The lowest BCUT2D eigenvalue weighted by Gasteiger charge is -2.41. The molecular weight excluding hydrogens is 526 g/mol. The molecule has 9 heteroatoms. The predicted octanol–water partition coefficient (Wildman–Crippen LogP) is 3.83. The van der Waals surface area contributed by atoms with E-state index in [1.54, 1.807) is 4.90 Å². The maximum absolute atomic E-state index is 12.6. The molecule has 216 valence electrons. The average Bonchev–Trinajstić information content (AvgIpc) is 3.61. The third-order valence-corrected chi connectivity index (χ3v) is 9.51. The fourth-order valence-electron chi connectivity index (χ4n) is 7.30. The van der Waals surface area contributed by atoms with Crippen LogP contribution in [-0.4, -0.2) is 82.5 Å². The van der Waals surface area contributed by atoms with Gasteiger partial charge in [0.05, 0.1) is 24.2 Å². The maximum atomic E-state index is 12.6. The van der Waals surface area contributed by atoms with Crippen LogP contribution in [0, 0.1) is 11.3 Å². The van der Waals surface area contributed by atoms with E-state index in [-0.39, 0.29) is 30.5 Å². The molecule has 3 aliphatic heterocycles. The zero-order valence-corrected chi connectivity index (χ0v) is 24.2. The van der Waals surface area contributed by atoms with Crippen LogP contribution in [0.5, 0.6) is 6.01 Å². The molecule has 42 heavy (non-hydrogen) atoms. The highest BCUT2D eigenvalue weighted by atomic mass is 16.5. The highest BCUT2D eigenvalue weighted by molar-refractivity contribution is 5.91. The van der Waals surface area contributed by atoms with Gasteiger partial charge in [0, 0.05) is 57.4 Å². The monoisotopic (exact) mass is 563 g/mol. The molecule has 0 bridgehead atoms. The molecule has 0 radical (unpaired) electrons. The second kappa shape index (κ2) is 11.0. The SMILES string of the molecule is C=CC(=O)N1CCN(c2nc(OC3CCN(C)CC3)nc3c2CN([C@@H]2Cc4cccc5cccc2c45)C3)CC1CC#N. The van der Waals surface area contributed by atoms with E-state index in [0.29, 0.717) is 25.6 Å². The van der Waals surface area contributed by atoms with Gasteiger partial charge < -0.3 is 19.4 Å². The van der Waals surface area contributed by atoms with Crippen molar-refractivity contribution in [1.29, 1.82) is 5.26 Å². The number of hydrogen-bond donors (Lipinski definition) is 0. The standard InChI is InChI=1S/C33H37N7O2/c1-3-30(41)40-17-16-38(19-24(40)10-13-34)32-27-20-39(29-18-23-8-4-6-22-7-5-9-26(29)31(22)23)21-28(27)35-33(36-32)42-25-11-14-37(2)15-12-25/h3-9,24-25,29H,1,10-12,14-21H2,2H3/t24?,29-/m1/s1. The third kappa shape index (κ3) is 4.79. The van der Waals surface area contributed by atoms with Crippen molar-refractivity contribution in [2.24, 2.45) is 0 Å². The number of ether oxygens (including phenoxy) is 1. The van der Waals surface area contributed by atoms with Crippen LogP contribution in [0.15, 0.2) is 49.1 Å². The van der Waals surface area contributed by atoms with E-state index in [1.165, 1.54) is 28.0 Å². The van der Waals surface area contributed by atoms with Crippen LogP contribution in [0.1, 0.15) is 47.7 Å². The normalized spacial score (nSPS) is 22.8. The molecule has 2 fully saturated rings. The van der Waals surface area contributed by atoms with Gasteiger partial charge in [0.1, 0.15) is 11.9 Å². The summed E-state index contributed by atoms with van der Waals surface area (Å²) in [6, 6.07) is 16.0. The van der Waals surface area contributed by atoms with E-state index in [4.69, 9.17) is 14.7 Å². The predicted molar refractivity (Wildman–Crippen MR) is 161 cm³/mol. The number of hydrogen-bond acceptors (Lipinski definition) is 8. The largest absolute Gasteiger partial charge is 0.460 e. The van der Waals surface area contributed by atoms with Gasteiger partial charge in [-0.3, -0.25) is 9.69 Å². The number of piperidine rings is 1. The summed E-state index contributed by atoms with van der Waals surface area (Å²) in [5.41, 5.74) is 4.95. The Hall–Kier alpha value is -4.00. The first-order valence-corrected chi connectivity index (χ1v) is 15.1. The number of amides is 1. The Morgan fingerprint density at radius 1 is 1.12 bits per heavy atom. The number of carbonyl (C=O) groups excluding carboxylic acids is 1. The summed E-state index contributed by atoms with van der Waals surface area (Å²) in [5, 5.41) is 12.2. The molecule has 4 aliphatic rings. The van der Waals surface area contributed by atoms with Crippen LogP contribution in [0.2, 0.25) is 0 Å². The van der Waals surface area contributed by atoms with Crippen molar-refractivity contribution < 1.29 is 9.53 Å². The number of anilines is 1. The van der Waals surface area contributed by atoms with E-state index >= 15 is 0 Å². The molecule has 1 aromatic heterocycles. The zero-order chi connectivity index (χ0) is 28.8. The van der Waals surface area contributed by atoms with Crippen molar-refractivity contribution in [3.05, 3.63) is 71.4 Å². The number of carbonyl (C=O) groups is 1. The van der Waals surface area contributed by atoms with Crippen LogP contribution < -0.4 is 9.64 Å². The molecule has 0 N–H and O–H groups in total. The Kier molecular flexibility index (Phi) is 7.04. The first kappa shape index (κ1) is 26.9. The van der Waals surface area contributed by atoms with Crippen LogP contribution in [0.3, 0.4) is 0 Å². The van der Waals surface area contributed by atoms with E-state index in [1.807, 2.05) is 0 Å². The minimum atomic E-state index is -0.224. The summed E-state index contributed by atoms with van der Waals surface area (Å²) in [7, 11) is 2.14. The number of likely N-dealkylation sites (tertiary alicyclic amines) is 1. The fourth-order valence-corrected chi connectivity index (χ4v) is 7.30. The van der Waals surface area contributed by atoms with Gasteiger partial charge in [0.25, 0.3) is 0 Å². The molecule has 1 unspecified atom stereocenters. The number of aromatic nitrogens is 2. The quantitative estimate of drug-likeness (QED) is 0.418. The van der Waals surface area contributed by atoms with Crippen LogP contribution >= 0.6 is 0 Å². The Balaban J connectivity index is 1.21. The summed E-state index contributed by atoms with van der Waals surface area (Å²) in [4.78, 5) is 31.5. The Morgan fingerprint density at radius 2 is 1.93 bits per heavy atom. The molecular formula is C33H37N7O2. The summed E-state index contributed by atoms with van der Waals surface area (Å²) in [6.45, 7) is 8.85. The minimum Gasteiger partial charge on any atom is -0.460 e. The van der Waals surface area contributed by atoms with Crippen molar-refractivity contribution in [2.75, 3.05) is 44.7 Å². The lowest BCUT2D eigenvalue weighted by atomic mass is 10.0. The van der Waals surface area contributed by atoms with E-state index in [0.717, 1.165) is 62.5 Å². The molecule has 0 saturated carbocycles. The smallest absolute Gasteiger partial charge is 0.318 e. The Bertz CT molecular complexity index is 1570. The van der Waals surface area contributed by atoms with E-state index < -0.39 is 0 Å². The summed E-state index contributed by atoms with van der Waals surface area (Å²) in [5.74, 6) is 0.753. The average molecular weight is 564 g/mol. The molecule has 2 saturated heterocycles. The second-order valence-corrected chi connectivity index (χ2v) is 12.1. The van der Waals surface area contributed by atoms with Gasteiger partial charge in [-0.1, -0.05) is 43.0 Å². The van der Waals surface area contributed by atoms with Crippen molar-refractivity contribution in [1.82, 2.24) is 24.7 Å². The molecule has 9 nitrogen and oxygen atoms in total. The van der Waals surface area contributed by atoms with Crippen molar-refractivity contribution >= 4 is 22.5 Å². The summed E-state index contributed by atoms with van der Waals surface area (Å²) >= 11 is 0. The first-order chi connectivity index (χ1) is 20.5. The number of nitrogens with zero attached hydrogens (tertiary/aromatic N) is 7. The number of fused-ring (bicyclic) bond motifs is 1. The molecule has 7 rings (SSSR count). The molecule has 0 spiro atoms. The highest BCUT2D eigenvalue weighted by Crippen LogP contribution is 2.44. The first-order valence-electron chi connectivity index (χ1n) is 15.1. The number of benzene rings is 2. The number of rotatable bonds is 6. The molecule has 1 aliphatic carbocycles. The zero-order valence-electron chi connectivity index (χ0n) is 24.2. The lowest BCUT2D eigenvalue weighted by molar-refractivity contribution is -0.128. The third-order valence-electron chi connectivity index (χ3n) is 9.51. The topological polar surface area (TPSA) is 88.8 Å². The molecule has 1 amide bonds. The van der Waals surface area contributed by atoms with Crippen molar-refractivity contribution in [2.45, 2.75) is 57.0 Å². The van der Waals surface area contributed by atoms with Crippen molar-refractivity contribution in [3.63, 3.8) is 0 Å². The molecule has 2 atom stereocenters. The summed E-state index contributed by atoms with van der Waals surface area (Å²) < 4.78 is 6.45. The number of piperazine rings is 1. The maximum Gasteiger partial charge on any atom is 0.318 e. The van der Waals surface area contributed by atoms with Crippen molar-refractivity contribution in [3.8, 4) is 12.1 Å². The number of nitriles is 1. The van der Waals surface area contributed by atoms with Gasteiger partial charge in [-0.2, -0.15) is 15.2 Å². The second-order valence-electron chi connectivity index (χ2n) is 12.1. The highest BCUT2D eigenvalue weighted by Gasteiger charge is 2.38. The van der Waals surface area contributed by atoms with E-state index in [9.17, 15) is 10.1 Å². The fraction of sp³-hybridized carbons (Fsp3) is 0.455. The Labute approximate surface area is 247 Å². The van der Waals surface area contributed by atoms with Gasteiger partial charge >= 0.3 is 6.01 Å². The van der Waals surface area contributed by atoms with Crippen LogP contribution in [0.25, 0.3) is 10.8 Å². The van der Waals surface area contributed by atoms with Gasteiger partial charge in [0.2, 0.25) is 5.91 Å². The van der Waals surface area contributed by atoms with Crippen LogP contribution in [0.4, 0.5) is 5.82 Å². The minimum absolute atomic E-state index is 0.0972. The molecule has 3 aromatic rings. The van der Waals surface area contributed by atoms with Crippen LogP contribution in [-0.2, 0) is 24.3 Å². The van der Waals surface area contributed by atoms with Gasteiger partial charge in [-0.15, -0.1) is 0 Å². The van der Waals surface area contributed by atoms with Gasteiger partial charge in [-0.25, -0.2) is 0 Å². The molecule has 2 aromatic carbocycles. The Morgan fingerprint density at radius 3 is 2.71 bits per heavy atom. The van der Waals surface area contributed by atoms with E-state index in [2.05, 4.69) is 70.8 Å². The van der Waals surface area contributed by atoms with Gasteiger partial charge in [0.15, 0.2) is 0 Å². The lowest BCUT2D eigenvalue weighted by Crippen LogP contribution is -2.55.